The molecule has 2 aromatic carbocycles. The Bertz CT molecular complexity index is 784. The van der Waals surface area contributed by atoms with Crippen LogP contribution in [0, 0.1) is 0 Å². The second kappa shape index (κ2) is 12.5. The molecule has 0 spiro atoms. The van der Waals surface area contributed by atoms with Gasteiger partial charge in [0.2, 0.25) is 5.91 Å². The van der Waals surface area contributed by atoms with E-state index in [4.69, 9.17) is 9.47 Å². The quantitative estimate of drug-likeness (QED) is 0.401. The predicted octanol–water partition coefficient (Wildman–Crippen LogP) is 4.73. The average molecular weight is 398 g/mol. The van der Waals surface area contributed by atoms with Crippen molar-refractivity contribution in [2.24, 2.45) is 0 Å². The number of methoxy groups -OCH3 is 1. The van der Waals surface area contributed by atoms with E-state index in [-0.39, 0.29) is 11.7 Å². The Morgan fingerprint density at radius 3 is 2.59 bits per heavy atom. The van der Waals surface area contributed by atoms with Gasteiger partial charge in [-0.2, -0.15) is 0 Å². The van der Waals surface area contributed by atoms with Crippen molar-refractivity contribution in [2.75, 3.05) is 20.3 Å². The number of carbonyl (C=O) groups is 1. The number of phenols is 1. The van der Waals surface area contributed by atoms with Crippen molar-refractivity contribution < 1.29 is 19.4 Å². The first-order chi connectivity index (χ1) is 14.1. The van der Waals surface area contributed by atoms with Gasteiger partial charge in [0.15, 0.2) is 11.5 Å². The summed E-state index contributed by atoms with van der Waals surface area (Å²) in [5.41, 5.74) is 1.94. The maximum Gasteiger partial charge on any atom is 0.244 e. The van der Waals surface area contributed by atoms with Crippen LogP contribution in [0.2, 0.25) is 0 Å². The fourth-order valence-electron chi connectivity index (χ4n) is 2.84. The first-order valence-electron chi connectivity index (χ1n) is 10.2. The molecule has 0 aromatic heterocycles. The molecule has 5 nitrogen and oxygen atoms in total. The summed E-state index contributed by atoms with van der Waals surface area (Å²) in [5.74, 6) is 1.47. The zero-order valence-corrected chi connectivity index (χ0v) is 17.3. The summed E-state index contributed by atoms with van der Waals surface area (Å²) in [6.45, 7) is 3.37. The Morgan fingerprint density at radius 2 is 1.86 bits per heavy atom. The number of carbonyl (C=O) groups excluding carboxylic acids is 1. The zero-order chi connectivity index (χ0) is 20.9. The summed E-state index contributed by atoms with van der Waals surface area (Å²) in [4.78, 5) is 12.0. The maximum absolute atomic E-state index is 12.0. The zero-order valence-electron chi connectivity index (χ0n) is 17.3. The Labute approximate surface area is 173 Å². The van der Waals surface area contributed by atoms with Crippen LogP contribution in [0.15, 0.2) is 48.5 Å². The topological polar surface area (TPSA) is 67.8 Å². The van der Waals surface area contributed by atoms with Gasteiger partial charge in [0, 0.05) is 12.6 Å². The van der Waals surface area contributed by atoms with Crippen LogP contribution < -0.4 is 14.8 Å². The number of unbranched alkanes of at least 4 members (excludes halogenated alkanes) is 3. The number of phenolic OH excluding ortho intramolecular Hbond substituents is 1. The van der Waals surface area contributed by atoms with Gasteiger partial charge < -0.3 is 19.9 Å². The van der Waals surface area contributed by atoms with Crippen LogP contribution in [-0.2, 0) is 11.2 Å². The summed E-state index contributed by atoms with van der Waals surface area (Å²) in [6, 6.07) is 12.6. The smallest absolute Gasteiger partial charge is 0.244 e. The van der Waals surface area contributed by atoms with E-state index in [2.05, 4.69) is 12.2 Å². The lowest BCUT2D eigenvalue weighted by atomic mass is 10.1. The lowest BCUT2D eigenvalue weighted by Crippen LogP contribution is -2.23. The van der Waals surface area contributed by atoms with Crippen molar-refractivity contribution in [1.29, 1.82) is 0 Å². The van der Waals surface area contributed by atoms with E-state index in [1.807, 2.05) is 30.3 Å². The van der Waals surface area contributed by atoms with Crippen LogP contribution in [0.4, 0.5) is 0 Å². The van der Waals surface area contributed by atoms with Crippen molar-refractivity contribution in [3.63, 3.8) is 0 Å². The molecule has 0 heterocycles. The molecule has 5 heteroatoms. The lowest BCUT2D eigenvalue weighted by molar-refractivity contribution is -0.116. The van der Waals surface area contributed by atoms with E-state index in [9.17, 15) is 9.90 Å². The number of benzene rings is 2. The molecule has 0 unspecified atom stereocenters. The fourth-order valence-corrected chi connectivity index (χ4v) is 2.84. The minimum atomic E-state index is -0.151. The molecule has 0 aliphatic rings. The highest BCUT2D eigenvalue weighted by atomic mass is 16.5. The minimum absolute atomic E-state index is 0.151. The van der Waals surface area contributed by atoms with Gasteiger partial charge in [-0.3, -0.25) is 4.79 Å². The van der Waals surface area contributed by atoms with E-state index in [1.165, 1.54) is 18.9 Å². The van der Waals surface area contributed by atoms with Gasteiger partial charge >= 0.3 is 0 Å². The van der Waals surface area contributed by atoms with Gasteiger partial charge in [0.05, 0.1) is 13.7 Å². The average Bonchev–Trinajstić information content (AvgIpc) is 2.73. The van der Waals surface area contributed by atoms with Gasteiger partial charge in [0.1, 0.15) is 5.75 Å². The summed E-state index contributed by atoms with van der Waals surface area (Å²) in [5, 5.41) is 12.2. The van der Waals surface area contributed by atoms with Gasteiger partial charge in [-0.05, 0) is 54.3 Å². The van der Waals surface area contributed by atoms with Gasteiger partial charge in [-0.25, -0.2) is 0 Å². The van der Waals surface area contributed by atoms with Crippen molar-refractivity contribution in [2.45, 2.75) is 39.0 Å². The first-order valence-corrected chi connectivity index (χ1v) is 10.2. The third-order valence-electron chi connectivity index (χ3n) is 4.52. The van der Waals surface area contributed by atoms with E-state index < -0.39 is 0 Å². The highest BCUT2D eigenvalue weighted by Gasteiger charge is 2.05. The van der Waals surface area contributed by atoms with Crippen LogP contribution in [0.25, 0.3) is 6.08 Å². The normalized spacial score (nSPS) is 10.8. The number of nitrogens with one attached hydrogen (secondary N) is 1. The molecule has 2 aromatic rings. The Balaban J connectivity index is 1.83. The van der Waals surface area contributed by atoms with Crippen LogP contribution in [0.5, 0.6) is 17.2 Å². The fraction of sp³-hybridized carbons (Fsp3) is 0.375. The molecule has 0 fully saturated rings. The molecule has 29 heavy (non-hydrogen) atoms. The van der Waals surface area contributed by atoms with Crippen molar-refractivity contribution in [3.8, 4) is 17.2 Å². The Morgan fingerprint density at radius 1 is 1.07 bits per heavy atom. The lowest BCUT2D eigenvalue weighted by Gasteiger charge is -2.11. The van der Waals surface area contributed by atoms with Crippen LogP contribution in [0.1, 0.15) is 43.7 Å². The van der Waals surface area contributed by atoms with Crippen molar-refractivity contribution in [3.05, 3.63) is 59.7 Å². The number of rotatable bonds is 12. The number of ether oxygens (including phenoxy) is 2. The summed E-state index contributed by atoms with van der Waals surface area (Å²) < 4.78 is 11.2. The molecular formula is C24H31NO4. The third kappa shape index (κ3) is 8.30. The second-order valence-electron chi connectivity index (χ2n) is 6.86. The summed E-state index contributed by atoms with van der Waals surface area (Å²) in [7, 11) is 1.62. The Hall–Kier alpha value is -2.95. The molecule has 0 saturated carbocycles. The largest absolute Gasteiger partial charge is 0.508 e. The molecule has 2 N–H and O–H groups in total. The highest BCUT2D eigenvalue weighted by molar-refractivity contribution is 5.91. The monoisotopic (exact) mass is 397 g/mol. The molecule has 0 aliphatic heterocycles. The molecule has 0 bridgehead atoms. The number of amides is 1. The van der Waals surface area contributed by atoms with E-state index in [1.54, 1.807) is 25.3 Å². The molecule has 1 amide bonds. The van der Waals surface area contributed by atoms with Crippen LogP contribution in [-0.4, -0.2) is 31.3 Å². The molecule has 0 aliphatic carbocycles. The van der Waals surface area contributed by atoms with E-state index in [0.29, 0.717) is 31.1 Å². The standard InChI is InChI=1S/C24H31NO4/c1-3-4-5-6-17-29-23-18-20(9-13-22(23)28-2)10-14-24(27)25-16-15-19-7-11-21(26)12-8-19/h7-14,18,26H,3-6,15-17H2,1-2H3,(H,25,27)/b14-10+. The highest BCUT2D eigenvalue weighted by Crippen LogP contribution is 2.28. The van der Waals surface area contributed by atoms with Crippen LogP contribution >= 0.6 is 0 Å². The molecular weight excluding hydrogens is 366 g/mol. The van der Waals surface area contributed by atoms with E-state index >= 15 is 0 Å². The number of aromatic hydroxyl groups is 1. The molecule has 0 radical (unpaired) electrons. The predicted molar refractivity (Wildman–Crippen MR) is 116 cm³/mol. The van der Waals surface area contributed by atoms with E-state index in [0.717, 1.165) is 24.0 Å². The Kier molecular flexibility index (Phi) is 9.63. The van der Waals surface area contributed by atoms with Crippen molar-refractivity contribution in [1.82, 2.24) is 5.32 Å². The van der Waals surface area contributed by atoms with Gasteiger partial charge in [0.25, 0.3) is 0 Å². The first kappa shape index (κ1) is 22.3. The van der Waals surface area contributed by atoms with Gasteiger partial charge in [-0.1, -0.05) is 44.4 Å². The molecule has 156 valence electrons. The molecule has 2 rings (SSSR count). The minimum Gasteiger partial charge on any atom is -0.508 e. The molecule has 0 saturated heterocycles. The maximum atomic E-state index is 12.0. The summed E-state index contributed by atoms with van der Waals surface area (Å²) >= 11 is 0. The SMILES string of the molecule is CCCCCCOc1cc(/C=C/C(=O)NCCc2ccc(O)cc2)ccc1OC. The third-order valence-corrected chi connectivity index (χ3v) is 4.52. The second-order valence-corrected chi connectivity index (χ2v) is 6.86. The van der Waals surface area contributed by atoms with Crippen LogP contribution in [0.3, 0.4) is 0 Å². The number of hydrogen-bond donors (Lipinski definition) is 2. The molecule has 0 atom stereocenters. The van der Waals surface area contributed by atoms with Crippen molar-refractivity contribution >= 4 is 12.0 Å². The number of hydrogen-bond acceptors (Lipinski definition) is 4. The van der Waals surface area contributed by atoms with Gasteiger partial charge in [-0.15, -0.1) is 0 Å². The summed E-state index contributed by atoms with van der Waals surface area (Å²) in [6.07, 6.45) is 8.57.